The maximum Gasteiger partial charge on any atom is 0.472 e. The third kappa shape index (κ3) is 8.70. The smallest absolute Gasteiger partial charge is 0.302 e. The Labute approximate surface area is 86.2 Å². The first kappa shape index (κ1) is 14.1. The molecule has 0 aromatic heterocycles. The van der Waals surface area contributed by atoms with Crippen molar-refractivity contribution in [2.24, 2.45) is 5.92 Å². The molecule has 86 valence electrons. The van der Waals surface area contributed by atoms with Gasteiger partial charge in [-0.3, -0.25) is 9.05 Å². The number of hydrogen-bond acceptors (Lipinski definition) is 3. The van der Waals surface area contributed by atoms with Crippen molar-refractivity contribution in [1.82, 2.24) is 0 Å². The van der Waals surface area contributed by atoms with Gasteiger partial charge in [0, 0.05) is 0 Å². The molecular weight excluding hydrogens is 203 g/mol. The van der Waals surface area contributed by atoms with Crippen LogP contribution in [0, 0.1) is 5.92 Å². The van der Waals surface area contributed by atoms with Gasteiger partial charge in [-0.2, -0.15) is 0 Å². The summed E-state index contributed by atoms with van der Waals surface area (Å²) in [6.07, 6.45) is 2.86. The lowest BCUT2D eigenvalue weighted by Gasteiger charge is -2.13. The van der Waals surface area contributed by atoms with E-state index in [1.54, 1.807) is 0 Å². The van der Waals surface area contributed by atoms with Gasteiger partial charge >= 0.3 is 7.82 Å². The highest BCUT2D eigenvalue weighted by molar-refractivity contribution is 7.47. The van der Waals surface area contributed by atoms with Crippen molar-refractivity contribution in [3.63, 3.8) is 0 Å². The molecule has 0 heterocycles. The van der Waals surface area contributed by atoms with E-state index >= 15 is 0 Å². The molecule has 0 amide bonds. The van der Waals surface area contributed by atoms with Gasteiger partial charge < -0.3 is 4.89 Å². The molecule has 4 nitrogen and oxygen atoms in total. The lowest BCUT2D eigenvalue weighted by Crippen LogP contribution is -2.03. The summed E-state index contributed by atoms with van der Waals surface area (Å²) in [5, 5.41) is 0. The average Bonchev–Trinajstić information content (AvgIpc) is 2.10. The molecule has 1 N–H and O–H groups in total. The third-order valence-electron chi connectivity index (χ3n) is 1.57. The molecule has 0 aromatic rings. The van der Waals surface area contributed by atoms with E-state index in [2.05, 4.69) is 6.92 Å². The van der Waals surface area contributed by atoms with Crippen molar-refractivity contribution < 1.29 is 18.5 Å². The van der Waals surface area contributed by atoms with Gasteiger partial charge in [0.25, 0.3) is 0 Å². The zero-order chi connectivity index (χ0) is 11.0. The van der Waals surface area contributed by atoms with E-state index in [4.69, 9.17) is 9.05 Å². The first-order chi connectivity index (χ1) is 6.48. The van der Waals surface area contributed by atoms with Crippen LogP contribution in [0.4, 0.5) is 0 Å². The van der Waals surface area contributed by atoms with Crippen LogP contribution in [0.5, 0.6) is 0 Å². The Hall–Kier alpha value is 0.110. The molecule has 0 aliphatic heterocycles. The Kier molecular flexibility index (Phi) is 7.47. The number of hydrogen-bond donors (Lipinski definition) is 1. The number of rotatable bonds is 8. The molecule has 0 saturated heterocycles. The zero-order valence-corrected chi connectivity index (χ0v) is 10.1. The van der Waals surface area contributed by atoms with Crippen LogP contribution in [-0.2, 0) is 13.6 Å². The van der Waals surface area contributed by atoms with Crippen LogP contribution in [0.25, 0.3) is 0 Å². The van der Waals surface area contributed by atoms with Crippen LogP contribution in [0.15, 0.2) is 0 Å². The lowest BCUT2D eigenvalue weighted by atomic mass is 10.2. The van der Waals surface area contributed by atoms with Gasteiger partial charge in [-0.15, -0.1) is 0 Å². The zero-order valence-electron chi connectivity index (χ0n) is 9.23. The van der Waals surface area contributed by atoms with Crippen LogP contribution >= 0.6 is 7.82 Å². The van der Waals surface area contributed by atoms with Crippen LogP contribution in [0.3, 0.4) is 0 Å². The SMILES string of the molecule is CCCCCOP(=O)(O)OCC(C)C. The van der Waals surface area contributed by atoms with Crippen LogP contribution < -0.4 is 0 Å². The standard InChI is InChI=1S/C9H21O4P/c1-4-5-6-7-12-14(10,11)13-8-9(2)3/h9H,4-8H2,1-3H3,(H,10,11). The van der Waals surface area contributed by atoms with Crippen molar-refractivity contribution in [3.8, 4) is 0 Å². The van der Waals surface area contributed by atoms with E-state index in [0.717, 1.165) is 19.3 Å². The Balaban J connectivity index is 3.56. The second kappa shape index (κ2) is 7.41. The summed E-state index contributed by atoms with van der Waals surface area (Å²) in [6.45, 7) is 6.43. The largest absolute Gasteiger partial charge is 0.472 e. The molecule has 5 heteroatoms. The summed E-state index contributed by atoms with van der Waals surface area (Å²) in [6, 6.07) is 0. The molecule has 0 aromatic carbocycles. The quantitative estimate of drug-likeness (QED) is 0.508. The fourth-order valence-electron chi connectivity index (χ4n) is 0.813. The van der Waals surface area contributed by atoms with Crippen LogP contribution in [-0.4, -0.2) is 18.1 Å². The number of phosphoric acid groups is 1. The summed E-state index contributed by atoms with van der Waals surface area (Å²) in [5.41, 5.74) is 0. The summed E-state index contributed by atoms with van der Waals surface area (Å²) < 4.78 is 20.7. The first-order valence-electron chi connectivity index (χ1n) is 5.10. The molecule has 0 radical (unpaired) electrons. The Morgan fingerprint density at radius 3 is 2.43 bits per heavy atom. The highest BCUT2D eigenvalue weighted by Crippen LogP contribution is 2.43. The highest BCUT2D eigenvalue weighted by atomic mass is 31.2. The van der Waals surface area contributed by atoms with Crippen molar-refractivity contribution in [1.29, 1.82) is 0 Å². The molecule has 0 spiro atoms. The van der Waals surface area contributed by atoms with E-state index in [0.29, 0.717) is 6.61 Å². The van der Waals surface area contributed by atoms with E-state index in [1.807, 2.05) is 13.8 Å². The minimum Gasteiger partial charge on any atom is -0.302 e. The van der Waals surface area contributed by atoms with Gasteiger partial charge in [-0.1, -0.05) is 33.6 Å². The molecule has 0 aliphatic rings. The topological polar surface area (TPSA) is 55.8 Å². The predicted molar refractivity (Wildman–Crippen MR) is 56.1 cm³/mol. The molecule has 0 rings (SSSR count). The summed E-state index contributed by atoms with van der Waals surface area (Å²) in [7, 11) is -3.79. The average molecular weight is 224 g/mol. The Morgan fingerprint density at radius 1 is 1.29 bits per heavy atom. The monoisotopic (exact) mass is 224 g/mol. The van der Waals surface area contributed by atoms with Gasteiger partial charge in [-0.25, -0.2) is 4.57 Å². The molecule has 0 saturated carbocycles. The van der Waals surface area contributed by atoms with Crippen LogP contribution in [0.2, 0.25) is 0 Å². The van der Waals surface area contributed by atoms with Gasteiger partial charge in [0.15, 0.2) is 0 Å². The molecule has 0 fully saturated rings. The van der Waals surface area contributed by atoms with E-state index in [-0.39, 0.29) is 12.5 Å². The Morgan fingerprint density at radius 2 is 1.93 bits per heavy atom. The van der Waals surface area contributed by atoms with Crippen molar-refractivity contribution in [2.45, 2.75) is 40.0 Å². The number of unbranched alkanes of at least 4 members (excludes halogenated alkanes) is 2. The second-order valence-corrected chi connectivity index (χ2v) is 5.15. The molecule has 14 heavy (non-hydrogen) atoms. The Bertz CT molecular complexity index is 182. The maximum absolute atomic E-state index is 11.2. The van der Waals surface area contributed by atoms with E-state index in [1.165, 1.54) is 0 Å². The first-order valence-corrected chi connectivity index (χ1v) is 6.59. The number of phosphoric ester groups is 1. The molecular formula is C9H21O4P. The fourth-order valence-corrected chi connectivity index (χ4v) is 1.73. The minimum atomic E-state index is -3.79. The van der Waals surface area contributed by atoms with Gasteiger partial charge in [-0.05, 0) is 12.3 Å². The third-order valence-corrected chi connectivity index (χ3v) is 2.56. The van der Waals surface area contributed by atoms with Crippen molar-refractivity contribution >= 4 is 7.82 Å². The van der Waals surface area contributed by atoms with Gasteiger partial charge in [0.1, 0.15) is 0 Å². The lowest BCUT2D eigenvalue weighted by molar-refractivity contribution is 0.135. The summed E-state index contributed by atoms with van der Waals surface area (Å²) in [4.78, 5) is 9.17. The second-order valence-electron chi connectivity index (χ2n) is 3.70. The maximum atomic E-state index is 11.2. The minimum absolute atomic E-state index is 0.231. The van der Waals surface area contributed by atoms with E-state index in [9.17, 15) is 9.46 Å². The van der Waals surface area contributed by atoms with Crippen molar-refractivity contribution in [3.05, 3.63) is 0 Å². The highest BCUT2D eigenvalue weighted by Gasteiger charge is 2.20. The van der Waals surface area contributed by atoms with Gasteiger partial charge in [0.05, 0.1) is 13.2 Å². The normalized spacial score (nSPS) is 15.8. The van der Waals surface area contributed by atoms with Crippen LogP contribution in [0.1, 0.15) is 40.0 Å². The molecule has 0 bridgehead atoms. The fraction of sp³-hybridized carbons (Fsp3) is 1.00. The molecule has 1 unspecified atom stereocenters. The summed E-state index contributed by atoms with van der Waals surface area (Å²) in [5.74, 6) is 0.231. The summed E-state index contributed by atoms with van der Waals surface area (Å²) >= 11 is 0. The predicted octanol–water partition coefficient (Wildman–Crippen LogP) is 2.97. The van der Waals surface area contributed by atoms with E-state index < -0.39 is 7.82 Å². The molecule has 0 aliphatic carbocycles. The van der Waals surface area contributed by atoms with Gasteiger partial charge in [0.2, 0.25) is 0 Å². The van der Waals surface area contributed by atoms with Crippen molar-refractivity contribution in [2.75, 3.05) is 13.2 Å². The molecule has 1 atom stereocenters.